The van der Waals surface area contributed by atoms with Crippen LogP contribution in [-0.4, -0.2) is 9.67 Å². The van der Waals surface area contributed by atoms with Gasteiger partial charge in [-0.3, -0.25) is 9.36 Å². The maximum atomic E-state index is 11.2. The van der Waals surface area contributed by atoms with Crippen LogP contribution in [0, 0.1) is 6.92 Å². The average Bonchev–Trinajstić information content (AvgIpc) is 2.26. The molecule has 0 saturated heterocycles. The van der Waals surface area contributed by atoms with Gasteiger partial charge in [-0.05, 0) is 13.8 Å². The van der Waals surface area contributed by atoms with E-state index >= 15 is 0 Å². The lowest BCUT2D eigenvalue weighted by Gasteiger charge is -2.07. The van der Waals surface area contributed by atoms with E-state index < -0.39 is 0 Å². The summed E-state index contributed by atoms with van der Waals surface area (Å²) in [6.07, 6.45) is 1.62. The molecule has 4 heteroatoms. The summed E-state index contributed by atoms with van der Waals surface area (Å²) >= 11 is 1.05. The number of allylic oxidation sites excluding steroid dienone is 1. The average molecular weight is 185 g/mol. The van der Waals surface area contributed by atoms with Crippen molar-refractivity contribution >= 4 is 11.3 Å². The molecule has 1 rings (SSSR count). The largest absolute Gasteiger partial charge is 0.494 e. The summed E-state index contributed by atoms with van der Waals surface area (Å²) < 4.78 is 1.33. The van der Waals surface area contributed by atoms with Crippen molar-refractivity contribution in [3.63, 3.8) is 0 Å². The molecule has 0 aliphatic heterocycles. The molecule has 1 aromatic heterocycles. The molecule has 0 bridgehead atoms. The van der Waals surface area contributed by atoms with Crippen molar-refractivity contribution < 1.29 is 5.11 Å². The van der Waals surface area contributed by atoms with Crippen LogP contribution in [0.15, 0.2) is 17.4 Å². The van der Waals surface area contributed by atoms with E-state index in [4.69, 9.17) is 0 Å². The highest BCUT2D eigenvalue weighted by Gasteiger charge is 2.12. The summed E-state index contributed by atoms with van der Waals surface area (Å²) in [5.41, 5.74) is 0. The Bertz CT molecular complexity index is 350. The van der Waals surface area contributed by atoms with Crippen LogP contribution in [0.2, 0.25) is 0 Å². The maximum Gasteiger partial charge on any atom is 0.310 e. The van der Waals surface area contributed by atoms with Crippen molar-refractivity contribution in [1.82, 2.24) is 4.57 Å². The van der Waals surface area contributed by atoms with Crippen LogP contribution in [-0.2, 0) is 0 Å². The summed E-state index contributed by atoms with van der Waals surface area (Å²) in [5, 5.41) is 9.45. The molecule has 1 atom stereocenters. The van der Waals surface area contributed by atoms with E-state index in [0.717, 1.165) is 11.3 Å². The fraction of sp³-hybridized carbons (Fsp3) is 0.375. The van der Waals surface area contributed by atoms with Crippen LogP contribution in [0.5, 0.6) is 5.88 Å². The number of nitrogens with zero attached hydrogens (tertiary/aromatic N) is 1. The van der Waals surface area contributed by atoms with Gasteiger partial charge in [0.1, 0.15) is 0 Å². The molecule has 0 aliphatic rings. The Morgan fingerprint density at radius 3 is 2.67 bits per heavy atom. The lowest BCUT2D eigenvalue weighted by Crippen LogP contribution is -2.14. The molecule has 1 unspecified atom stereocenters. The Hall–Kier alpha value is -1.03. The monoisotopic (exact) mass is 185 g/mol. The lowest BCUT2D eigenvalue weighted by atomic mass is 10.3. The molecule has 0 aliphatic carbocycles. The van der Waals surface area contributed by atoms with Crippen molar-refractivity contribution in [2.45, 2.75) is 19.9 Å². The van der Waals surface area contributed by atoms with E-state index in [9.17, 15) is 9.90 Å². The molecule has 1 N–H and O–H groups in total. The maximum absolute atomic E-state index is 11.2. The van der Waals surface area contributed by atoms with Gasteiger partial charge in [0.15, 0.2) is 0 Å². The van der Waals surface area contributed by atoms with E-state index in [0.29, 0.717) is 4.88 Å². The molecule has 1 aromatic rings. The summed E-state index contributed by atoms with van der Waals surface area (Å²) in [4.78, 5) is 11.7. The highest BCUT2D eigenvalue weighted by molar-refractivity contribution is 7.09. The third kappa shape index (κ3) is 1.30. The number of aromatic hydroxyl groups is 1. The SMILES string of the molecule is C=CC(C)n1c(O)c(C)sc1=O. The number of aryl methyl sites for hydroxylation is 1. The zero-order valence-corrected chi connectivity index (χ0v) is 7.89. The number of hydrogen-bond donors (Lipinski definition) is 1. The van der Waals surface area contributed by atoms with Gasteiger partial charge in [0.05, 0.1) is 10.9 Å². The van der Waals surface area contributed by atoms with E-state index in [1.807, 2.05) is 0 Å². The zero-order chi connectivity index (χ0) is 9.30. The Morgan fingerprint density at radius 1 is 1.75 bits per heavy atom. The summed E-state index contributed by atoms with van der Waals surface area (Å²) in [6, 6.07) is -0.151. The molecule has 3 nitrogen and oxygen atoms in total. The van der Waals surface area contributed by atoms with Gasteiger partial charge in [-0.1, -0.05) is 17.4 Å². The quantitative estimate of drug-likeness (QED) is 0.712. The summed E-state index contributed by atoms with van der Waals surface area (Å²) in [7, 11) is 0. The molecule has 0 saturated carbocycles. The van der Waals surface area contributed by atoms with Crippen molar-refractivity contribution in [2.75, 3.05) is 0 Å². The Morgan fingerprint density at radius 2 is 2.33 bits per heavy atom. The smallest absolute Gasteiger partial charge is 0.310 e. The van der Waals surface area contributed by atoms with Gasteiger partial charge in [-0.25, -0.2) is 0 Å². The molecular formula is C8H11NO2S. The van der Waals surface area contributed by atoms with Gasteiger partial charge in [0.25, 0.3) is 0 Å². The fourth-order valence-electron chi connectivity index (χ4n) is 0.946. The third-order valence-corrected chi connectivity index (χ3v) is 2.59. The van der Waals surface area contributed by atoms with Gasteiger partial charge in [0, 0.05) is 0 Å². The van der Waals surface area contributed by atoms with Crippen molar-refractivity contribution in [1.29, 1.82) is 0 Å². The van der Waals surface area contributed by atoms with Crippen LogP contribution in [0.25, 0.3) is 0 Å². The number of aromatic nitrogens is 1. The summed E-state index contributed by atoms with van der Waals surface area (Å²) in [6.45, 7) is 7.08. The van der Waals surface area contributed by atoms with Crippen molar-refractivity contribution in [3.8, 4) is 5.88 Å². The molecular weight excluding hydrogens is 174 g/mol. The minimum absolute atomic E-state index is 0.0531. The van der Waals surface area contributed by atoms with E-state index in [1.54, 1.807) is 19.9 Å². The molecule has 0 radical (unpaired) electrons. The van der Waals surface area contributed by atoms with Crippen LogP contribution in [0.4, 0.5) is 0 Å². The minimum Gasteiger partial charge on any atom is -0.494 e. The normalized spacial score (nSPS) is 12.8. The minimum atomic E-state index is -0.151. The number of hydrogen-bond acceptors (Lipinski definition) is 3. The van der Waals surface area contributed by atoms with Gasteiger partial charge in [0.2, 0.25) is 5.88 Å². The molecule has 0 fully saturated rings. The van der Waals surface area contributed by atoms with Gasteiger partial charge < -0.3 is 5.11 Å². The second-order valence-electron chi connectivity index (χ2n) is 2.59. The second kappa shape index (κ2) is 3.15. The Labute approximate surface area is 74.6 Å². The molecule has 0 spiro atoms. The first-order valence-electron chi connectivity index (χ1n) is 3.61. The molecule has 66 valence electrons. The first-order valence-corrected chi connectivity index (χ1v) is 4.43. The van der Waals surface area contributed by atoms with E-state index in [-0.39, 0.29) is 16.8 Å². The standard InChI is InChI=1S/C8H11NO2S/c1-4-5(2)9-7(10)6(3)12-8(9)11/h4-5,10H,1H2,2-3H3. The van der Waals surface area contributed by atoms with Crippen molar-refractivity contribution in [2.24, 2.45) is 0 Å². The van der Waals surface area contributed by atoms with Crippen LogP contribution in [0.1, 0.15) is 17.8 Å². The second-order valence-corrected chi connectivity index (χ2v) is 3.76. The predicted octanol–water partition coefficient (Wildman–Crippen LogP) is 1.67. The van der Waals surface area contributed by atoms with Crippen LogP contribution >= 0.6 is 11.3 Å². The van der Waals surface area contributed by atoms with Gasteiger partial charge in [-0.2, -0.15) is 0 Å². The van der Waals surface area contributed by atoms with Crippen molar-refractivity contribution in [3.05, 3.63) is 27.2 Å². The van der Waals surface area contributed by atoms with Crippen LogP contribution in [0.3, 0.4) is 0 Å². The van der Waals surface area contributed by atoms with Gasteiger partial charge >= 0.3 is 4.87 Å². The first-order chi connectivity index (χ1) is 5.57. The summed E-state index contributed by atoms with van der Waals surface area (Å²) in [5.74, 6) is 0.0531. The lowest BCUT2D eigenvalue weighted by molar-refractivity contribution is 0.403. The Balaban J connectivity index is 3.31. The fourth-order valence-corrected chi connectivity index (χ4v) is 1.75. The Kier molecular flexibility index (Phi) is 2.38. The molecule has 0 amide bonds. The van der Waals surface area contributed by atoms with Gasteiger partial charge in [-0.15, -0.1) is 6.58 Å². The highest BCUT2D eigenvalue weighted by atomic mass is 32.1. The third-order valence-electron chi connectivity index (χ3n) is 1.73. The number of rotatable bonds is 2. The zero-order valence-electron chi connectivity index (χ0n) is 7.07. The molecule has 0 aromatic carbocycles. The van der Waals surface area contributed by atoms with E-state index in [1.165, 1.54) is 4.57 Å². The number of thiazole rings is 1. The highest BCUT2D eigenvalue weighted by Crippen LogP contribution is 2.22. The predicted molar refractivity (Wildman–Crippen MR) is 49.9 cm³/mol. The topological polar surface area (TPSA) is 42.2 Å². The molecule has 1 heterocycles. The first kappa shape index (κ1) is 9.06. The van der Waals surface area contributed by atoms with E-state index in [2.05, 4.69) is 6.58 Å². The van der Waals surface area contributed by atoms with Crippen LogP contribution < -0.4 is 4.87 Å². The molecule has 12 heavy (non-hydrogen) atoms.